The normalized spacial score (nSPS) is 11.9. The fourth-order valence-electron chi connectivity index (χ4n) is 0.677. The molecule has 1 unspecified atom stereocenters. The van der Waals surface area contributed by atoms with E-state index in [1.165, 1.54) is 0 Å². The van der Waals surface area contributed by atoms with Gasteiger partial charge in [0.1, 0.15) is 0 Å². The van der Waals surface area contributed by atoms with Crippen LogP contribution in [-0.4, -0.2) is 4.98 Å². The van der Waals surface area contributed by atoms with Crippen LogP contribution in [0.3, 0.4) is 0 Å². The van der Waals surface area contributed by atoms with E-state index in [0.29, 0.717) is 5.02 Å². The number of aromatic nitrogens is 1. The van der Waals surface area contributed by atoms with E-state index in [1.54, 1.807) is 12.4 Å². The third-order valence-electron chi connectivity index (χ3n) is 1.25. The molecule has 11 heavy (non-hydrogen) atoms. The lowest BCUT2D eigenvalue weighted by atomic mass is 10.2. The largest absolute Gasteiger partial charge is 0.324 e. The first-order valence-electron chi connectivity index (χ1n) is 3.06. The summed E-state index contributed by atoms with van der Waals surface area (Å²) in [6, 6.07) is 1.82. The lowest BCUT2D eigenvalue weighted by Gasteiger charge is -2.03. The molecule has 0 aliphatic heterocycles. The highest BCUT2D eigenvalue weighted by molar-refractivity contribution is 6.30. The first kappa shape index (κ1) is 10.7. The van der Waals surface area contributed by atoms with Crippen LogP contribution >= 0.6 is 24.0 Å². The summed E-state index contributed by atoms with van der Waals surface area (Å²) < 4.78 is 0. The molecule has 0 saturated heterocycles. The maximum absolute atomic E-state index is 5.67. The lowest BCUT2D eigenvalue weighted by molar-refractivity contribution is 0.812. The molecule has 1 aromatic heterocycles. The standard InChI is InChI=1S/C7H9ClN2.ClH/c1-5(9)6-2-7(8)4-10-3-6;/h2-5H,9H2,1H3;1H. The number of nitrogens with zero attached hydrogens (tertiary/aromatic N) is 1. The van der Waals surface area contributed by atoms with Crippen molar-refractivity contribution >= 4 is 24.0 Å². The predicted molar refractivity (Wildman–Crippen MR) is 49.1 cm³/mol. The van der Waals surface area contributed by atoms with Crippen LogP contribution in [0.4, 0.5) is 0 Å². The smallest absolute Gasteiger partial charge is 0.0592 e. The molecule has 1 heterocycles. The Morgan fingerprint density at radius 2 is 2.18 bits per heavy atom. The summed E-state index contributed by atoms with van der Waals surface area (Å²) in [7, 11) is 0. The number of halogens is 2. The average molecular weight is 193 g/mol. The minimum Gasteiger partial charge on any atom is -0.324 e. The maximum Gasteiger partial charge on any atom is 0.0592 e. The van der Waals surface area contributed by atoms with Gasteiger partial charge >= 0.3 is 0 Å². The number of hydrogen-bond acceptors (Lipinski definition) is 2. The van der Waals surface area contributed by atoms with Crippen molar-refractivity contribution in [3.8, 4) is 0 Å². The molecule has 0 aliphatic rings. The van der Waals surface area contributed by atoms with Gasteiger partial charge in [0.2, 0.25) is 0 Å². The van der Waals surface area contributed by atoms with Gasteiger partial charge in [-0.1, -0.05) is 11.6 Å². The van der Waals surface area contributed by atoms with Gasteiger partial charge in [0, 0.05) is 18.4 Å². The number of hydrogen-bond donors (Lipinski definition) is 1. The summed E-state index contributed by atoms with van der Waals surface area (Å²) in [6.07, 6.45) is 3.31. The third-order valence-corrected chi connectivity index (χ3v) is 1.46. The monoisotopic (exact) mass is 192 g/mol. The Hall–Kier alpha value is -0.310. The van der Waals surface area contributed by atoms with Crippen molar-refractivity contribution < 1.29 is 0 Å². The van der Waals surface area contributed by atoms with Crippen molar-refractivity contribution in [3.63, 3.8) is 0 Å². The van der Waals surface area contributed by atoms with E-state index >= 15 is 0 Å². The van der Waals surface area contributed by atoms with Gasteiger partial charge < -0.3 is 5.73 Å². The zero-order valence-electron chi connectivity index (χ0n) is 6.12. The van der Waals surface area contributed by atoms with E-state index < -0.39 is 0 Å². The Balaban J connectivity index is 0.000001000. The lowest BCUT2D eigenvalue weighted by Crippen LogP contribution is -2.04. The van der Waals surface area contributed by atoms with Gasteiger partial charge in [-0.15, -0.1) is 12.4 Å². The Labute approximate surface area is 77.2 Å². The fourth-order valence-corrected chi connectivity index (χ4v) is 0.860. The molecule has 62 valence electrons. The van der Waals surface area contributed by atoms with Gasteiger partial charge in [0.05, 0.1) is 5.02 Å². The molecule has 1 aromatic rings. The zero-order valence-corrected chi connectivity index (χ0v) is 7.69. The van der Waals surface area contributed by atoms with Crippen molar-refractivity contribution in [1.29, 1.82) is 0 Å². The van der Waals surface area contributed by atoms with E-state index in [9.17, 15) is 0 Å². The fraction of sp³-hybridized carbons (Fsp3) is 0.286. The molecule has 2 nitrogen and oxygen atoms in total. The SMILES string of the molecule is CC(N)c1cncc(Cl)c1.Cl. The van der Waals surface area contributed by atoms with E-state index in [1.807, 2.05) is 13.0 Å². The Morgan fingerprint density at radius 3 is 2.55 bits per heavy atom. The second kappa shape index (κ2) is 4.54. The van der Waals surface area contributed by atoms with Crippen LogP contribution in [0.15, 0.2) is 18.5 Å². The van der Waals surface area contributed by atoms with Gasteiger partial charge in [0.15, 0.2) is 0 Å². The van der Waals surface area contributed by atoms with Crippen molar-refractivity contribution in [1.82, 2.24) is 4.98 Å². The van der Waals surface area contributed by atoms with Crippen molar-refractivity contribution in [2.75, 3.05) is 0 Å². The van der Waals surface area contributed by atoms with Crippen LogP contribution in [0.2, 0.25) is 5.02 Å². The van der Waals surface area contributed by atoms with Crippen molar-refractivity contribution in [2.24, 2.45) is 5.73 Å². The molecule has 0 radical (unpaired) electrons. The highest BCUT2D eigenvalue weighted by atomic mass is 35.5. The van der Waals surface area contributed by atoms with Gasteiger partial charge in [-0.3, -0.25) is 4.98 Å². The third kappa shape index (κ3) is 3.06. The summed E-state index contributed by atoms with van der Waals surface area (Å²) in [5.41, 5.74) is 6.55. The van der Waals surface area contributed by atoms with Gasteiger partial charge in [-0.2, -0.15) is 0 Å². The van der Waals surface area contributed by atoms with E-state index in [4.69, 9.17) is 17.3 Å². The molecule has 1 rings (SSSR count). The number of rotatable bonds is 1. The summed E-state index contributed by atoms with van der Waals surface area (Å²) in [6.45, 7) is 1.90. The molecule has 4 heteroatoms. The minimum absolute atomic E-state index is 0. The summed E-state index contributed by atoms with van der Waals surface area (Å²) in [5, 5.41) is 0.634. The number of pyridine rings is 1. The van der Waals surface area contributed by atoms with Crippen LogP contribution in [-0.2, 0) is 0 Å². The molecule has 0 fully saturated rings. The molecular formula is C7H10Cl2N2. The molecule has 2 N–H and O–H groups in total. The van der Waals surface area contributed by atoms with Crippen LogP contribution < -0.4 is 5.73 Å². The first-order chi connectivity index (χ1) is 4.70. The maximum atomic E-state index is 5.67. The molecule has 0 saturated carbocycles. The summed E-state index contributed by atoms with van der Waals surface area (Å²) >= 11 is 5.67. The molecular weight excluding hydrogens is 183 g/mol. The van der Waals surface area contributed by atoms with E-state index in [-0.39, 0.29) is 18.4 Å². The molecule has 0 aliphatic carbocycles. The summed E-state index contributed by atoms with van der Waals surface area (Å²) in [5.74, 6) is 0. The highest BCUT2D eigenvalue weighted by Gasteiger charge is 1.98. The van der Waals surface area contributed by atoms with Crippen LogP contribution in [0.25, 0.3) is 0 Å². The Kier molecular flexibility index (Phi) is 4.42. The molecule has 0 spiro atoms. The van der Waals surface area contributed by atoms with Gasteiger partial charge in [-0.25, -0.2) is 0 Å². The zero-order chi connectivity index (χ0) is 7.56. The van der Waals surface area contributed by atoms with Crippen LogP contribution in [0.5, 0.6) is 0 Å². The molecule has 0 amide bonds. The van der Waals surface area contributed by atoms with Crippen LogP contribution in [0.1, 0.15) is 18.5 Å². The second-order valence-corrected chi connectivity index (χ2v) is 2.66. The second-order valence-electron chi connectivity index (χ2n) is 2.23. The topological polar surface area (TPSA) is 38.9 Å². The quantitative estimate of drug-likeness (QED) is 0.742. The Morgan fingerprint density at radius 1 is 1.55 bits per heavy atom. The Bertz CT molecular complexity index is 225. The summed E-state index contributed by atoms with van der Waals surface area (Å²) in [4.78, 5) is 3.89. The predicted octanol–water partition coefficient (Wildman–Crippen LogP) is 2.18. The molecule has 0 bridgehead atoms. The molecule has 0 aromatic carbocycles. The number of nitrogens with two attached hydrogens (primary N) is 1. The van der Waals surface area contributed by atoms with Gasteiger partial charge in [-0.05, 0) is 18.6 Å². The van der Waals surface area contributed by atoms with E-state index in [0.717, 1.165) is 5.56 Å². The van der Waals surface area contributed by atoms with Crippen LogP contribution in [0, 0.1) is 0 Å². The average Bonchev–Trinajstić information content (AvgIpc) is 1.88. The highest BCUT2D eigenvalue weighted by Crippen LogP contribution is 2.12. The first-order valence-corrected chi connectivity index (χ1v) is 3.44. The van der Waals surface area contributed by atoms with Crippen molar-refractivity contribution in [3.05, 3.63) is 29.0 Å². The molecule has 1 atom stereocenters. The van der Waals surface area contributed by atoms with Crippen molar-refractivity contribution in [2.45, 2.75) is 13.0 Å². The van der Waals surface area contributed by atoms with E-state index in [2.05, 4.69) is 4.98 Å². The minimum atomic E-state index is 0. The van der Waals surface area contributed by atoms with Gasteiger partial charge in [0.25, 0.3) is 0 Å².